The summed E-state index contributed by atoms with van der Waals surface area (Å²) in [6.07, 6.45) is -6.35. The third-order valence-corrected chi connectivity index (χ3v) is 4.47. The first-order valence-electron chi connectivity index (χ1n) is 8.88. The summed E-state index contributed by atoms with van der Waals surface area (Å²) in [7, 11) is 0. The molecule has 0 bridgehead atoms. The number of hydrogen-bond acceptors (Lipinski definition) is 4. The molecule has 9 heteroatoms. The van der Waals surface area contributed by atoms with Crippen molar-refractivity contribution in [3.05, 3.63) is 94.5 Å². The largest absolute Gasteiger partial charge is 0.507 e. The van der Waals surface area contributed by atoms with Crippen LogP contribution in [0.15, 0.2) is 72.8 Å². The Hall–Kier alpha value is -3.52. The minimum atomic E-state index is -4.78. The van der Waals surface area contributed by atoms with Crippen molar-refractivity contribution in [1.29, 1.82) is 0 Å². The van der Waals surface area contributed by atoms with E-state index < -0.39 is 35.4 Å². The molecule has 0 aliphatic carbocycles. The molecule has 2 N–H and O–H groups in total. The molecular weight excluding hydrogens is 435 g/mol. The van der Waals surface area contributed by atoms with Crippen molar-refractivity contribution < 1.29 is 32.6 Å². The van der Waals surface area contributed by atoms with E-state index in [0.717, 1.165) is 6.07 Å². The normalized spacial score (nSPS) is 12.1. The minimum absolute atomic E-state index is 0.157. The molecule has 1 amide bonds. The summed E-state index contributed by atoms with van der Waals surface area (Å²) in [4.78, 5) is 25.4. The maximum absolute atomic E-state index is 13.4. The minimum Gasteiger partial charge on any atom is -0.507 e. The fourth-order valence-electron chi connectivity index (χ4n) is 2.78. The molecule has 31 heavy (non-hydrogen) atoms. The van der Waals surface area contributed by atoms with Crippen LogP contribution in [0.5, 0.6) is 5.75 Å². The number of aromatic hydroxyl groups is 1. The molecular formula is C22H15ClF3NO4. The van der Waals surface area contributed by atoms with E-state index >= 15 is 0 Å². The van der Waals surface area contributed by atoms with Gasteiger partial charge in [-0.05, 0) is 30.3 Å². The summed E-state index contributed by atoms with van der Waals surface area (Å²) in [6, 6.07) is 16.2. The number of ether oxygens (including phenoxy) is 1. The summed E-state index contributed by atoms with van der Waals surface area (Å²) in [5, 5.41) is 11.9. The van der Waals surface area contributed by atoms with Crippen LogP contribution in [0.4, 0.5) is 18.9 Å². The lowest BCUT2D eigenvalue weighted by Gasteiger charge is -2.20. The summed E-state index contributed by atoms with van der Waals surface area (Å²) >= 11 is 5.66. The lowest BCUT2D eigenvalue weighted by atomic mass is 10.1. The highest BCUT2D eigenvalue weighted by Gasteiger charge is 2.35. The maximum atomic E-state index is 13.4. The lowest BCUT2D eigenvalue weighted by Crippen LogP contribution is -2.27. The summed E-state index contributed by atoms with van der Waals surface area (Å²) in [5.41, 5.74) is -1.65. The molecule has 0 saturated carbocycles. The molecule has 1 atom stereocenters. The number of rotatable bonds is 5. The van der Waals surface area contributed by atoms with Crippen LogP contribution in [0, 0.1) is 0 Å². The average Bonchev–Trinajstić information content (AvgIpc) is 2.73. The molecule has 3 aromatic rings. The Balaban J connectivity index is 1.93. The Labute approximate surface area is 180 Å². The zero-order valence-corrected chi connectivity index (χ0v) is 16.4. The highest BCUT2D eigenvalue weighted by atomic mass is 35.5. The number of hydrogen-bond donors (Lipinski definition) is 2. The van der Waals surface area contributed by atoms with E-state index in [0.29, 0.717) is 6.07 Å². The van der Waals surface area contributed by atoms with E-state index in [-0.39, 0.29) is 21.9 Å². The van der Waals surface area contributed by atoms with Gasteiger partial charge in [0, 0.05) is 10.6 Å². The van der Waals surface area contributed by atoms with Gasteiger partial charge in [-0.15, -0.1) is 0 Å². The van der Waals surface area contributed by atoms with Crippen molar-refractivity contribution in [3.63, 3.8) is 0 Å². The Morgan fingerprint density at radius 3 is 2.26 bits per heavy atom. The first-order chi connectivity index (χ1) is 14.7. The van der Waals surface area contributed by atoms with Crippen LogP contribution in [-0.2, 0) is 15.7 Å². The number of phenolic OH excluding ortho intramolecular Hbond substituents is 1. The molecule has 3 aromatic carbocycles. The van der Waals surface area contributed by atoms with Crippen molar-refractivity contribution in [2.45, 2.75) is 12.3 Å². The smallest absolute Gasteiger partial charge is 0.418 e. The standard InChI is InChI=1S/C22H15ClF3NO4/c23-14-10-11-17(16(12-14)22(24,25)26)27-20(29)19(13-6-2-1-3-7-13)31-21(30)15-8-4-5-9-18(15)28/h1-12,19,28H,(H,27,29). The van der Waals surface area contributed by atoms with Crippen LogP contribution in [0.1, 0.15) is 27.6 Å². The molecule has 0 heterocycles. The number of esters is 1. The predicted molar refractivity (Wildman–Crippen MR) is 108 cm³/mol. The van der Waals surface area contributed by atoms with Gasteiger partial charge in [0.05, 0.1) is 11.3 Å². The molecule has 3 rings (SSSR count). The molecule has 5 nitrogen and oxygen atoms in total. The van der Waals surface area contributed by atoms with E-state index in [4.69, 9.17) is 16.3 Å². The Bertz CT molecular complexity index is 1100. The van der Waals surface area contributed by atoms with E-state index in [1.165, 1.54) is 42.5 Å². The molecule has 0 aliphatic heterocycles. The number of nitrogens with one attached hydrogen (secondary N) is 1. The highest BCUT2D eigenvalue weighted by molar-refractivity contribution is 6.30. The zero-order chi connectivity index (χ0) is 22.6. The Morgan fingerprint density at radius 2 is 1.61 bits per heavy atom. The van der Waals surface area contributed by atoms with E-state index in [1.54, 1.807) is 18.2 Å². The predicted octanol–water partition coefficient (Wildman–Crippen LogP) is 5.60. The monoisotopic (exact) mass is 449 g/mol. The molecule has 0 saturated heterocycles. The van der Waals surface area contributed by atoms with E-state index in [9.17, 15) is 27.9 Å². The second kappa shape index (κ2) is 9.09. The van der Waals surface area contributed by atoms with Gasteiger partial charge >= 0.3 is 12.1 Å². The average molecular weight is 450 g/mol. The number of halogens is 4. The van der Waals surface area contributed by atoms with Crippen LogP contribution < -0.4 is 5.32 Å². The first-order valence-corrected chi connectivity index (χ1v) is 9.26. The number of para-hydroxylation sites is 1. The third-order valence-electron chi connectivity index (χ3n) is 4.23. The molecule has 1 unspecified atom stereocenters. The number of amides is 1. The molecule has 0 aromatic heterocycles. The molecule has 0 aliphatic rings. The van der Waals surface area contributed by atoms with Gasteiger partial charge in [0.1, 0.15) is 11.3 Å². The van der Waals surface area contributed by atoms with Crippen LogP contribution in [0.2, 0.25) is 5.02 Å². The number of carbonyl (C=O) groups excluding carboxylic acids is 2. The Morgan fingerprint density at radius 1 is 0.968 bits per heavy atom. The van der Waals surface area contributed by atoms with Crippen molar-refractivity contribution >= 4 is 29.2 Å². The van der Waals surface area contributed by atoms with Crippen LogP contribution in [-0.4, -0.2) is 17.0 Å². The summed E-state index contributed by atoms with van der Waals surface area (Å²) in [5.74, 6) is -2.39. The lowest BCUT2D eigenvalue weighted by molar-refractivity contribution is -0.137. The van der Waals surface area contributed by atoms with Crippen LogP contribution in [0.3, 0.4) is 0 Å². The van der Waals surface area contributed by atoms with Gasteiger partial charge < -0.3 is 15.2 Å². The Kier molecular flexibility index (Phi) is 6.50. The SMILES string of the molecule is O=C(OC(C(=O)Nc1ccc(Cl)cc1C(F)(F)F)c1ccccc1)c1ccccc1O. The zero-order valence-electron chi connectivity index (χ0n) is 15.7. The molecule has 0 spiro atoms. The van der Waals surface area contributed by atoms with Gasteiger partial charge in [-0.25, -0.2) is 4.79 Å². The maximum Gasteiger partial charge on any atom is 0.418 e. The second-order valence-corrected chi connectivity index (χ2v) is 6.83. The molecule has 0 fully saturated rings. The van der Waals surface area contributed by atoms with Gasteiger partial charge in [0.15, 0.2) is 0 Å². The van der Waals surface area contributed by atoms with Crippen LogP contribution >= 0.6 is 11.6 Å². The van der Waals surface area contributed by atoms with E-state index in [2.05, 4.69) is 5.32 Å². The summed E-state index contributed by atoms with van der Waals surface area (Å²) < 4.78 is 45.3. The van der Waals surface area contributed by atoms with Gasteiger partial charge in [0.2, 0.25) is 6.10 Å². The van der Waals surface area contributed by atoms with Crippen molar-refractivity contribution in [2.75, 3.05) is 5.32 Å². The third kappa shape index (κ3) is 5.35. The van der Waals surface area contributed by atoms with Crippen molar-refractivity contribution in [2.24, 2.45) is 0 Å². The number of carbonyl (C=O) groups is 2. The molecule has 0 radical (unpaired) electrons. The van der Waals surface area contributed by atoms with Crippen LogP contribution in [0.25, 0.3) is 0 Å². The van der Waals surface area contributed by atoms with Gasteiger partial charge in [-0.3, -0.25) is 4.79 Å². The second-order valence-electron chi connectivity index (χ2n) is 6.39. The quantitative estimate of drug-likeness (QED) is 0.497. The van der Waals surface area contributed by atoms with Gasteiger partial charge in [-0.2, -0.15) is 13.2 Å². The fraction of sp³-hybridized carbons (Fsp3) is 0.0909. The van der Waals surface area contributed by atoms with Crippen molar-refractivity contribution in [3.8, 4) is 5.75 Å². The van der Waals surface area contributed by atoms with E-state index in [1.807, 2.05) is 0 Å². The van der Waals surface area contributed by atoms with Gasteiger partial charge in [0.25, 0.3) is 5.91 Å². The topological polar surface area (TPSA) is 75.6 Å². The summed E-state index contributed by atoms with van der Waals surface area (Å²) in [6.45, 7) is 0. The number of alkyl halides is 3. The fourth-order valence-corrected chi connectivity index (χ4v) is 2.95. The highest BCUT2D eigenvalue weighted by Crippen LogP contribution is 2.37. The number of benzene rings is 3. The van der Waals surface area contributed by atoms with Gasteiger partial charge in [-0.1, -0.05) is 54.1 Å². The molecule has 160 valence electrons. The number of anilines is 1. The van der Waals surface area contributed by atoms with Crippen molar-refractivity contribution in [1.82, 2.24) is 0 Å². The number of phenols is 1. The first kappa shape index (κ1) is 22.2.